The van der Waals surface area contributed by atoms with E-state index in [1.165, 1.54) is 12.3 Å². The van der Waals surface area contributed by atoms with E-state index in [4.69, 9.17) is 0 Å². The van der Waals surface area contributed by atoms with E-state index < -0.39 is 11.5 Å². The molecule has 1 amide bonds. The molecular formula is C13H13N3O2. The van der Waals surface area contributed by atoms with Crippen molar-refractivity contribution < 1.29 is 4.79 Å². The van der Waals surface area contributed by atoms with Crippen LogP contribution in [0.3, 0.4) is 0 Å². The Kier molecular flexibility index (Phi) is 3.52. The Morgan fingerprint density at radius 2 is 2.17 bits per heavy atom. The summed E-state index contributed by atoms with van der Waals surface area (Å²) in [5, 5.41) is 2.73. The number of nitrogens with one attached hydrogen (secondary N) is 2. The highest BCUT2D eigenvalue weighted by Gasteiger charge is 2.14. The zero-order valence-corrected chi connectivity index (χ0v) is 9.88. The first kappa shape index (κ1) is 12.0. The molecule has 5 heteroatoms. The molecule has 2 aromatic rings. The van der Waals surface area contributed by atoms with Crippen molar-refractivity contribution >= 4 is 5.91 Å². The van der Waals surface area contributed by atoms with E-state index in [9.17, 15) is 9.59 Å². The Bertz CT molecular complexity index is 592. The number of carbonyl (C=O) groups excluding carboxylic acids is 1. The minimum atomic E-state index is -0.407. The van der Waals surface area contributed by atoms with Crippen molar-refractivity contribution in [1.82, 2.24) is 15.3 Å². The fraction of sp³-hybridized carbons (Fsp3) is 0.154. The standard InChI is InChI=1S/C13H13N3O2/c1-9(11-6-2-3-7-14-11)16-13(18)10-5-4-8-15-12(10)17/h2-9H,1H3,(H,15,17)(H,16,18)/t9-/m1/s1. The van der Waals surface area contributed by atoms with Crippen LogP contribution in [0.4, 0.5) is 0 Å². The van der Waals surface area contributed by atoms with Crippen molar-refractivity contribution in [2.45, 2.75) is 13.0 Å². The lowest BCUT2D eigenvalue weighted by atomic mass is 10.2. The van der Waals surface area contributed by atoms with Crippen molar-refractivity contribution in [2.75, 3.05) is 0 Å². The normalized spacial score (nSPS) is 11.8. The van der Waals surface area contributed by atoms with Gasteiger partial charge in [-0.05, 0) is 31.2 Å². The SMILES string of the molecule is C[C@@H](NC(=O)c1ccc[nH]c1=O)c1ccccn1. The van der Waals surface area contributed by atoms with Gasteiger partial charge in [-0.1, -0.05) is 6.07 Å². The quantitative estimate of drug-likeness (QED) is 0.852. The van der Waals surface area contributed by atoms with Gasteiger partial charge in [0.15, 0.2) is 0 Å². The Hall–Kier alpha value is -2.43. The molecule has 0 bridgehead atoms. The third kappa shape index (κ3) is 2.63. The van der Waals surface area contributed by atoms with Crippen LogP contribution in [0.1, 0.15) is 29.0 Å². The second-order valence-electron chi connectivity index (χ2n) is 3.86. The van der Waals surface area contributed by atoms with Gasteiger partial charge in [-0.15, -0.1) is 0 Å². The first-order valence-corrected chi connectivity index (χ1v) is 5.58. The maximum Gasteiger partial charge on any atom is 0.260 e. The Morgan fingerprint density at radius 1 is 1.33 bits per heavy atom. The molecule has 2 heterocycles. The van der Waals surface area contributed by atoms with Crippen LogP contribution < -0.4 is 10.9 Å². The topological polar surface area (TPSA) is 74.8 Å². The summed E-state index contributed by atoms with van der Waals surface area (Å²) in [4.78, 5) is 29.9. The Morgan fingerprint density at radius 3 is 2.83 bits per heavy atom. The van der Waals surface area contributed by atoms with Gasteiger partial charge in [-0.2, -0.15) is 0 Å². The van der Waals surface area contributed by atoms with Crippen molar-refractivity contribution in [1.29, 1.82) is 0 Å². The lowest BCUT2D eigenvalue weighted by molar-refractivity contribution is 0.0937. The molecule has 0 aliphatic rings. The van der Waals surface area contributed by atoms with E-state index in [1.807, 2.05) is 19.1 Å². The Balaban J connectivity index is 2.14. The molecule has 0 fully saturated rings. The number of hydrogen-bond donors (Lipinski definition) is 2. The van der Waals surface area contributed by atoms with Crippen molar-refractivity contribution in [3.05, 3.63) is 64.3 Å². The van der Waals surface area contributed by atoms with E-state index in [1.54, 1.807) is 18.3 Å². The highest BCUT2D eigenvalue weighted by atomic mass is 16.2. The van der Waals surface area contributed by atoms with E-state index in [0.29, 0.717) is 0 Å². The predicted molar refractivity (Wildman–Crippen MR) is 67.2 cm³/mol. The number of rotatable bonds is 3. The summed E-state index contributed by atoms with van der Waals surface area (Å²) in [6.45, 7) is 1.82. The highest BCUT2D eigenvalue weighted by molar-refractivity contribution is 5.93. The monoisotopic (exact) mass is 243 g/mol. The molecular weight excluding hydrogens is 230 g/mol. The number of aromatic amines is 1. The van der Waals surface area contributed by atoms with Crippen molar-refractivity contribution in [3.8, 4) is 0 Å². The number of amides is 1. The fourth-order valence-electron chi connectivity index (χ4n) is 1.58. The molecule has 0 saturated heterocycles. The van der Waals surface area contributed by atoms with Gasteiger partial charge in [-0.25, -0.2) is 0 Å². The molecule has 5 nitrogen and oxygen atoms in total. The van der Waals surface area contributed by atoms with E-state index in [2.05, 4.69) is 15.3 Å². The molecule has 2 aromatic heterocycles. The van der Waals surface area contributed by atoms with Gasteiger partial charge in [-0.3, -0.25) is 14.6 Å². The largest absolute Gasteiger partial charge is 0.344 e. The average Bonchev–Trinajstić information content (AvgIpc) is 2.40. The molecule has 0 aromatic carbocycles. The van der Waals surface area contributed by atoms with Crippen LogP contribution in [0.25, 0.3) is 0 Å². The van der Waals surface area contributed by atoms with Gasteiger partial charge in [0.25, 0.3) is 11.5 Å². The smallest absolute Gasteiger partial charge is 0.260 e. The molecule has 0 aliphatic heterocycles. The van der Waals surface area contributed by atoms with Gasteiger partial charge in [0.1, 0.15) is 5.56 Å². The Labute approximate surface area is 104 Å². The first-order valence-electron chi connectivity index (χ1n) is 5.58. The van der Waals surface area contributed by atoms with Gasteiger partial charge < -0.3 is 10.3 Å². The molecule has 0 unspecified atom stereocenters. The summed E-state index contributed by atoms with van der Waals surface area (Å²) in [6, 6.07) is 8.32. The van der Waals surface area contributed by atoms with Crippen LogP contribution in [0.15, 0.2) is 47.5 Å². The molecule has 0 spiro atoms. The number of carbonyl (C=O) groups is 1. The van der Waals surface area contributed by atoms with Crippen LogP contribution in [-0.2, 0) is 0 Å². The zero-order valence-electron chi connectivity index (χ0n) is 9.88. The fourth-order valence-corrected chi connectivity index (χ4v) is 1.58. The number of nitrogens with zero attached hydrogens (tertiary/aromatic N) is 1. The molecule has 92 valence electrons. The molecule has 2 N–H and O–H groups in total. The van der Waals surface area contributed by atoms with Gasteiger partial charge in [0.2, 0.25) is 0 Å². The first-order chi connectivity index (χ1) is 8.68. The number of pyridine rings is 2. The van der Waals surface area contributed by atoms with Crippen LogP contribution in [0, 0.1) is 0 Å². The summed E-state index contributed by atoms with van der Waals surface area (Å²) >= 11 is 0. The van der Waals surface area contributed by atoms with Gasteiger partial charge in [0.05, 0.1) is 11.7 Å². The van der Waals surface area contributed by atoms with Gasteiger partial charge in [0, 0.05) is 12.4 Å². The zero-order chi connectivity index (χ0) is 13.0. The van der Waals surface area contributed by atoms with E-state index in [0.717, 1.165) is 5.69 Å². The molecule has 0 radical (unpaired) electrons. The van der Waals surface area contributed by atoms with E-state index >= 15 is 0 Å². The highest BCUT2D eigenvalue weighted by Crippen LogP contribution is 2.08. The molecule has 18 heavy (non-hydrogen) atoms. The van der Waals surface area contributed by atoms with E-state index in [-0.39, 0.29) is 11.6 Å². The van der Waals surface area contributed by atoms with Crippen LogP contribution >= 0.6 is 0 Å². The maximum absolute atomic E-state index is 11.9. The maximum atomic E-state index is 11.9. The molecule has 0 aliphatic carbocycles. The predicted octanol–water partition coefficient (Wildman–Crippen LogP) is 1.26. The second-order valence-corrected chi connectivity index (χ2v) is 3.86. The number of hydrogen-bond acceptors (Lipinski definition) is 3. The second kappa shape index (κ2) is 5.27. The minimum absolute atomic E-state index is 0.0975. The average molecular weight is 243 g/mol. The number of H-pyrrole nitrogens is 1. The lowest BCUT2D eigenvalue weighted by Gasteiger charge is -2.12. The summed E-state index contributed by atoms with van der Waals surface area (Å²) in [5.41, 5.74) is 0.446. The summed E-state index contributed by atoms with van der Waals surface area (Å²) in [5.74, 6) is -0.407. The van der Waals surface area contributed by atoms with Crippen molar-refractivity contribution in [3.63, 3.8) is 0 Å². The van der Waals surface area contributed by atoms with Gasteiger partial charge >= 0.3 is 0 Å². The third-order valence-corrected chi connectivity index (χ3v) is 2.54. The van der Waals surface area contributed by atoms with Crippen LogP contribution in [-0.4, -0.2) is 15.9 Å². The number of aromatic nitrogens is 2. The molecule has 2 rings (SSSR count). The van der Waals surface area contributed by atoms with Crippen LogP contribution in [0.2, 0.25) is 0 Å². The molecule has 1 atom stereocenters. The summed E-state index contributed by atoms with van der Waals surface area (Å²) < 4.78 is 0. The summed E-state index contributed by atoms with van der Waals surface area (Å²) in [6.07, 6.45) is 3.15. The van der Waals surface area contributed by atoms with Crippen LogP contribution in [0.5, 0.6) is 0 Å². The third-order valence-electron chi connectivity index (χ3n) is 2.54. The minimum Gasteiger partial charge on any atom is -0.344 e. The molecule has 0 saturated carbocycles. The van der Waals surface area contributed by atoms with Crippen molar-refractivity contribution in [2.24, 2.45) is 0 Å². The summed E-state index contributed by atoms with van der Waals surface area (Å²) in [7, 11) is 0. The lowest BCUT2D eigenvalue weighted by Crippen LogP contribution is -2.31.